The summed E-state index contributed by atoms with van der Waals surface area (Å²) in [7, 11) is -12.4. The van der Waals surface area contributed by atoms with E-state index >= 15 is 4.79 Å². The van der Waals surface area contributed by atoms with E-state index in [2.05, 4.69) is 227 Å². The van der Waals surface area contributed by atoms with E-state index in [-0.39, 0.29) is 45.9 Å². The molecule has 0 aromatic rings. The van der Waals surface area contributed by atoms with Gasteiger partial charge in [-0.1, -0.05) is 200 Å². The summed E-state index contributed by atoms with van der Waals surface area (Å²) in [5, 5.41) is 0.0712. The second-order valence-electron chi connectivity index (χ2n) is 27.4. The molecular formula is C57H120O6Si5. The lowest BCUT2D eigenvalue weighted by atomic mass is 9.89. The molecule has 0 aliphatic heterocycles. The van der Waals surface area contributed by atoms with Gasteiger partial charge in [0.25, 0.3) is 0 Å². The van der Waals surface area contributed by atoms with Gasteiger partial charge in [0.05, 0.1) is 12.2 Å². The molecule has 0 aliphatic rings. The van der Waals surface area contributed by atoms with Crippen molar-refractivity contribution in [3.8, 4) is 12.3 Å². The zero-order valence-electron chi connectivity index (χ0n) is 51.5. The summed E-state index contributed by atoms with van der Waals surface area (Å²) in [5.41, 5.74) is 2.82. The molecule has 0 aromatic heterocycles. The van der Waals surface area contributed by atoms with E-state index in [0.29, 0.717) is 56.3 Å². The van der Waals surface area contributed by atoms with Crippen LogP contribution in [0.1, 0.15) is 227 Å². The minimum Gasteiger partial charge on any atom is -0.414 e. The van der Waals surface area contributed by atoms with Gasteiger partial charge in [-0.25, -0.2) is 0 Å². The fraction of sp³-hybridized carbons (Fsp3) is 0.947. The van der Waals surface area contributed by atoms with Crippen molar-refractivity contribution in [3.05, 3.63) is 0 Å². The quantitative estimate of drug-likeness (QED) is 0.0509. The Morgan fingerprint density at radius 3 is 1.07 bits per heavy atom. The van der Waals surface area contributed by atoms with E-state index in [1.165, 1.54) is 0 Å². The Kier molecular flexibility index (Phi) is 26.6. The van der Waals surface area contributed by atoms with E-state index in [1.807, 2.05) is 0 Å². The van der Waals surface area contributed by atoms with Crippen LogP contribution in [0.15, 0.2) is 0 Å². The van der Waals surface area contributed by atoms with Gasteiger partial charge >= 0.3 is 0 Å². The van der Waals surface area contributed by atoms with Gasteiger partial charge in [0.1, 0.15) is 11.7 Å². The summed E-state index contributed by atoms with van der Waals surface area (Å²) in [5.74, 6) is 3.28. The number of carbonyl (C=O) groups is 1. The number of terminal acetylenes is 1. The molecule has 68 heavy (non-hydrogen) atoms. The molecule has 0 heterocycles. The molecular weight excluding hydrogens is 921 g/mol. The topological polar surface area (TPSA) is 63.2 Å². The highest BCUT2D eigenvalue weighted by Gasteiger charge is 2.56. The third kappa shape index (κ3) is 15.4. The van der Waals surface area contributed by atoms with Crippen molar-refractivity contribution >= 4 is 47.4 Å². The van der Waals surface area contributed by atoms with Crippen molar-refractivity contribution in [1.82, 2.24) is 0 Å². The molecule has 11 heteroatoms. The van der Waals surface area contributed by atoms with Gasteiger partial charge in [0.2, 0.25) is 33.3 Å². The SMILES string of the molecule is C#C[C@@](C)(C[C@@H](CC(=O)[C@H](O[Si](C(C)C)(C(C)C)C(C)C)[C@@H](O[Si](C(C)C)(C(C)C)C(C)C)[C@H](C)C[C@H](C)O[Si](C)(C)C(C)(C)C)O[Si](C(C)C)(C(C)C)C(C)C)O[Si](C(C)C)(C(C)C)C(C)C. The van der Waals surface area contributed by atoms with Crippen LogP contribution in [0, 0.1) is 18.3 Å². The normalized spacial score (nSPS) is 17.6. The van der Waals surface area contributed by atoms with Gasteiger partial charge in [-0.2, -0.15) is 0 Å². The molecule has 0 radical (unpaired) electrons. The summed E-state index contributed by atoms with van der Waals surface area (Å²) in [4.78, 5) is 16.5. The summed E-state index contributed by atoms with van der Waals surface area (Å²) in [6, 6.07) is 0. The Morgan fingerprint density at radius 2 is 0.779 bits per heavy atom. The van der Waals surface area contributed by atoms with Crippen LogP contribution in [0.5, 0.6) is 0 Å². The minimum absolute atomic E-state index is 0.0186. The van der Waals surface area contributed by atoms with E-state index < -0.39 is 65.5 Å². The molecule has 0 aliphatic carbocycles. The van der Waals surface area contributed by atoms with Crippen LogP contribution in [0.25, 0.3) is 0 Å². The van der Waals surface area contributed by atoms with Crippen LogP contribution >= 0.6 is 0 Å². The summed E-state index contributed by atoms with van der Waals surface area (Å²) in [6.45, 7) is 74.4. The first-order chi connectivity index (χ1) is 30.5. The fourth-order valence-corrected chi connectivity index (χ4v) is 37.8. The molecule has 0 unspecified atom stereocenters. The second kappa shape index (κ2) is 26.6. The predicted molar refractivity (Wildman–Crippen MR) is 313 cm³/mol. The van der Waals surface area contributed by atoms with Crippen LogP contribution in [-0.2, 0) is 26.9 Å². The van der Waals surface area contributed by atoms with Crippen LogP contribution in [0.2, 0.25) is 84.6 Å². The Bertz CT molecular complexity index is 1450. The molecule has 6 atom stereocenters. The lowest BCUT2D eigenvalue weighted by molar-refractivity contribution is -0.135. The van der Waals surface area contributed by atoms with Crippen molar-refractivity contribution in [1.29, 1.82) is 0 Å². The number of Topliss-reactive ketones (excluding diaryl/α,β-unsaturated/α-hetero) is 1. The van der Waals surface area contributed by atoms with Gasteiger partial charge < -0.3 is 22.1 Å². The third-order valence-corrected chi connectivity index (χ3v) is 47.0. The monoisotopic (exact) mass is 1040 g/mol. The van der Waals surface area contributed by atoms with Crippen molar-refractivity contribution < 1.29 is 26.9 Å². The van der Waals surface area contributed by atoms with Gasteiger partial charge in [-0.3, -0.25) is 4.79 Å². The van der Waals surface area contributed by atoms with Crippen molar-refractivity contribution in [2.24, 2.45) is 5.92 Å². The minimum atomic E-state index is -2.69. The van der Waals surface area contributed by atoms with Gasteiger partial charge in [-0.15, -0.1) is 6.42 Å². The summed E-state index contributed by atoms with van der Waals surface area (Å²) >= 11 is 0. The fourth-order valence-electron chi connectivity index (χ4n) is 14.0. The van der Waals surface area contributed by atoms with Crippen molar-refractivity contribution in [3.63, 3.8) is 0 Å². The molecule has 404 valence electrons. The number of hydrogen-bond acceptors (Lipinski definition) is 6. The molecule has 0 bridgehead atoms. The Morgan fingerprint density at radius 1 is 0.471 bits per heavy atom. The first kappa shape index (κ1) is 68.1. The molecule has 0 amide bonds. The highest BCUT2D eigenvalue weighted by atomic mass is 28.4. The lowest BCUT2D eigenvalue weighted by Gasteiger charge is -2.51. The molecule has 0 fully saturated rings. The van der Waals surface area contributed by atoms with Crippen molar-refractivity contribution in [2.45, 2.75) is 342 Å². The standard InChI is InChI=1S/C57H120O6Si5/c1-34-57(31,63-68(47(20)21,48(22)23)49(24)25)37-52(60-65(38(2)3,39(4)5)40(6)7)36-53(58)55(62-67(44(14)15,45(16)17)46(18)19)54(61-66(41(8)9,42(10)11)43(12)13)50(26)35-51(27)59-64(32,33)56(28,29)30/h1,38-52,54-55H,35-37H2,2-33H3/t50-,51+,52-,54+,55+,57+/m1/s1. The van der Waals surface area contributed by atoms with Crippen LogP contribution < -0.4 is 0 Å². The Labute approximate surface area is 431 Å². The van der Waals surface area contributed by atoms with Gasteiger partial charge in [0.15, 0.2) is 14.1 Å². The van der Waals surface area contributed by atoms with E-state index in [4.69, 9.17) is 28.6 Å². The maximum Gasteiger partial charge on any atom is 0.202 e. The molecule has 0 rings (SSSR count). The largest absolute Gasteiger partial charge is 0.414 e. The number of hydrogen-bond donors (Lipinski definition) is 0. The maximum absolute atomic E-state index is 16.5. The van der Waals surface area contributed by atoms with E-state index in [9.17, 15) is 0 Å². The predicted octanol–water partition coefficient (Wildman–Crippen LogP) is 19.0. The molecule has 0 saturated heterocycles. The zero-order chi connectivity index (χ0) is 54.3. The maximum atomic E-state index is 16.5. The Hall–Kier alpha value is 0.114. The number of ketones is 1. The first-order valence-corrected chi connectivity index (χ1v) is 39.4. The molecule has 0 N–H and O–H groups in total. The molecule has 0 aromatic carbocycles. The third-order valence-electron chi connectivity index (χ3n) is 17.8. The van der Waals surface area contributed by atoms with E-state index in [1.54, 1.807) is 0 Å². The number of rotatable bonds is 31. The summed E-state index contributed by atoms with van der Waals surface area (Å²) < 4.78 is 38.8. The van der Waals surface area contributed by atoms with Crippen LogP contribution in [0.4, 0.5) is 0 Å². The van der Waals surface area contributed by atoms with Crippen molar-refractivity contribution in [2.75, 3.05) is 0 Å². The number of carbonyl (C=O) groups excluding carboxylic acids is 1. The average molecular weight is 1040 g/mol. The second-order valence-corrected chi connectivity index (χ2v) is 53.7. The smallest absolute Gasteiger partial charge is 0.202 e. The van der Waals surface area contributed by atoms with Gasteiger partial charge in [0, 0.05) is 18.9 Å². The lowest BCUT2D eigenvalue weighted by Crippen LogP contribution is -2.60. The summed E-state index contributed by atoms with van der Waals surface area (Å²) in [6.07, 6.45) is 6.34. The molecule has 0 spiro atoms. The zero-order valence-corrected chi connectivity index (χ0v) is 56.5. The Balaban J connectivity index is 8.84. The van der Waals surface area contributed by atoms with E-state index in [0.717, 1.165) is 6.42 Å². The average Bonchev–Trinajstić information content (AvgIpc) is 3.14. The van der Waals surface area contributed by atoms with Crippen LogP contribution in [-0.4, -0.2) is 77.4 Å². The highest BCUT2D eigenvalue weighted by Crippen LogP contribution is 2.51. The van der Waals surface area contributed by atoms with Crippen LogP contribution in [0.3, 0.4) is 0 Å². The first-order valence-electron chi connectivity index (χ1n) is 27.9. The molecule has 0 saturated carbocycles. The molecule has 6 nitrogen and oxygen atoms in total. The highest BCUT2D eigenvalue weighted by molar-refractivity contribution is 6.79. The van der Waals surface area contributed by atoms with Gasteiger partial charge in [-0.05, 0) is 111 Å².